The van der Waals surface area contributed by atoms with Crippen LogP contribution in [0.2, 0.25) is 0 Å². The van der Waals surface area contributed by atoms with E-state index >= 15 is 0 Å². The topological polar surface area (TPSA) is 77.0 Å². The largest absolute Gasteiger partial charge is 0.381 e. The number of aliphatic hydroxyl groups is 1. The van der Waals surface area contributed by atoms with Crippen molar-refractivity contribution in [2.75, 3.05) is 0 Å². The second kappa shape index (κ2) is 4.04. The Kier molecular flexibility index (Phi) is 2.23. The molecule has 1 aromatic carbocycles. The van der Waals surface area contributed by atoms with E-state index in [1.165, 1.54) is 0 Å². The van der Waals surface area contributed by atoms with Gasteiger partial charge in [0.2, 0.25) is 0 Å². The average molecular weight is 294 g/mol. The van der Waals surface area contributed by atoms with Gasteiger partial charge in [0.25, 0.3) is 0 Å². The molecule has 0 bridgehead atoms. The third-order valence-electron chi connectivity index (χ3n) is 4.87. The fourth-order valence-electron chi connectivity index (χ4n) is 3.93. The quantitative estimate of drug-likeness (QED) is 0.743. The van der Waals surface area contributed by atoms with Crippen molar-refractivity contribution >= 4 is 0 Å². The molecule has 5 rings (SSSR count). The molecule has 0 saturated carbocycles. The first-order chi connectivity index (χ1) is 10.8. The third kappa shape index (κ3) is 1.35. The summed E-state index contributed by atoms with van der Waals surface area (Å²) in [5, 5.41) is 19.5. The van der Waals surface area contributed by atoms with Gasteiger partial charge in [-0.2, -0.15) is 0 Å². The highest BCUT2D eigenvalue weighted by atomic mass is 16.6. The van der Waals surface area contributed by atoms with Gasteiger partial charge in [0.1, 0.15) is 17.0 Å². The third-order valence-corrected chi connectivity index (χ3v) is 4.87. The number of imidazole rings is 1. The Balaban J connectivity index is 1.78. The molecule has 0 saturated heterocycles. The van der Waals surface area contributed by atoms with E-state index in [1.807, 2.05) is 22.9 Å². The SMILES string of the molecule is OC1([C@@H]2c3ccccc3-c3cncn32)CCCc2nonc21. The number of hydrogen-bond donors (Lipinski definition) is 1. The first-order valence-corrected chi connectivity index (χ1v) is 7.44. The standard InChI is InChI=1S/C16H14N4O2/c21-16(7-3-6-12-14(16)19-22-18-12)15-11-5-2-1-4-10(11)13-8-17-9-20(13)15/h1-2,4-5,8-9,15,21H,3,6-7H2/t15-,16?/m0/s1. The Bertz CT molecular complexity index is 868. The highest BCUT2D eigenvalue weighted by Gasteiger charge is 2.50. The molecule has 0 fully saturated rings. The second-order valence-electron chi connectivity index (χ2n) is 6.01. The van der Waals surface area contributed by atoms with Gasteiger partial charge in [0.15, 0.2) is 0 Å². The van der Waals surface area contributed by atoms with Crippen molar-refractivity contribution in [1.29, 1.82) is 0 Å². The lowest BCUT2D eigenvalue weighted by atomic mass is 9.77. The van der Waals surface area contributed by atoms with Crippen molar-refractivity contribution in [3.63, 3.8) is 0 Å². The second-order valence-corrected chi connectivity index (χ2v) is 6.01. The average Bonchev–Trinajstić information content (AvgIpc) is 3.22. The Morgan fingerprint density at radius 2 is 2.18 bits per heavy atom. The molecular formula is C16H14N4O2. The van der Waals surface area contributed by atoms with Crippen molar-refractivity contribution in [2.24, 2.45) is 0 Å². The highest BCUT2D eigenvalue weighted by molar-refractivity contribution is 5.69. The monoisotopic (exact) mass is 294 g/mol. The number of fused-ring (bicyclic) bond motifs is 4. The van der Waals surface area contributed by atoms with Crippen molar-refractivity contribution in [3.8, 4) is 11.3 Å². The van der Waals surface area contributed by atoms with Gasteiger partial charge in [0, 0.05) is 5.56 Å². The predicted molar refractivity (Wildman–Crippen MR) is 76.9 cm³/mol. The van der Waals surface area contributed by atoms with Crippen LogP contribution in [0.1, 0.15) is 35.8 Å². The molecule has 110 valence electrons. The number of rotatable bonds is 1. The molecule has 1 aliphatic carbocycles. The summed E-state index contributed by atoms with van der Waals surface area (Å²) in [7, 11) is 0. The van der Waals surface area contributed by atoms with Gasteiger partial charge in [-0.15, -0.1) is 0 Å². The lowest BCUT2D eigenvalue weighted by molar-refractivity contribution is -0.0226. The molecule has 22 heavy (non-hydrogen) atoms. The van der Waals surface area contributed by atoms with Crippen molar-refractivity contribution in [1.82, 2.24) is 19.9 Å². The molecule has 1 N–H and O–H groups in total. The lowest BCUT2D eigenvalue weighted by Gasteiger charge is -2.36. The molecule has 1 aliphatic heterocycles. The van der Waals surface area contributed by atoms with Crippen LogP contribution in [0.3, 0.4) is 0 Å². The number of aromatic nitrogens is 4. The molecule has 2 aromatic heterocycles. The lowest BCUT2D eigenvalue weighted by Crippen LogP contribution is -2.39. The van der Waals surface area contributed by atoms with Crippen LogP contribution in [0.25, 0.3) is 11.3 Å². The molecule has 3 heterocycles. The van der Waals surface area contributed by atoms with E-state index in [4.69, 9.17) is 4.63 Å². The number of aryl methyl sites for hydroxylation is 1. The summed E-state index contributed by atoms with van der Waals surface area (Å²) in [6.07, 6.45) is 5.91. The van der Waals surface area contributed by atoms with Gasteiger partial charge in [-0.25, -0.2) is 9.61 Å². The Labute approximate surface area is 126 Å². The fourth-order valence-corrected chi connectivity index (χ4v) is 3.93. The maximum Gasteiger partial charge on any atom is 0.142 e. The van der Waals surface area contributed by atoms with E-state index < -0.39 is 5.60 Å². The van der Waals surface area contributed by atoms with E-state index in [9.17, 15) is 5.11 Å². The van der Waals surface area contributed by atoms with Gasteiger partial charge in [0.05, 0.1) is 24.3 Å². The summed E-state index contributed by atoms with van der Waals surface area (Å²) >= 11 is 0. The van der Waals surface area contributed by atoms with Crippen LogP contribution < -0.4 is 0 Å². The van der Waals surface area contributed by atoms with Crippen LogP contribution in [0.5, 0.6) is 0 Å². The van der Waals surface area contributed by atoms with Crippen molar-refractivity contribution < 1.29 is 9.74 Å². The summed E-state index contributed by atoms with van der Waals surface area (Å²) < 4.78 is 6.93. The number of benzene rings is 1. The molecular weight excluding hydrogens is 280 g/mol. The summed E-state index contributed by atoms with van der Waals surface area (Å²) in [5.74, 6) is 0. The first kappa shape index (κ1) is 12.1. The highest BCUT2D eigenvalue weighted by Crippen LogP contribution is 2.51. The van der Waals surface area contributed by atoms with Crippen molar-refractivity contribution in [2.45, 2.75) is 30.9 Å². The molecule has 0 spiro atoms. The van der Waals surface area contributed by atoms with Crippen LogP contribution in [-0.2, 0) is 12.0 Å². The van der Waals surface area contributed by atoms with Gasteiger partial charge in [-0.05, 0) is 24.8 Å². The van der Waals surface area contributed by atoms with Crippen LogP contribution in [-0.4, -0.2) is 25.0 Å². The Morgan fingerprint density at radius 3 is 3.14 bits per heavy atom. The van der Waals surface area contributed by atoms with E-state index in [0.29, 0.717) is 12.1 Å². The zero-order valence-corrected chi connectivity index (χ0v) is 11.8. The van der Waals surface area contributed by atoms with Crippen LogP contribution in [0, 0.1) is 0 Å². The van der Waals surface area contributed by atoms with Crippen LogP contribution >= 0.6 is 0 Å². The van der Waals surface area contributed by atoms with Gasteiger partial charge in [-0.1, -0.05) is 34.6 Å². The minimum Gasteiger partial charge on any atom is -0.381 e. The van der Waals surface area contributed by atoms with Gasteiger partial charge >= 0.3 is 0 Å². The molecule has 2 aliphatic rings. The summed E-state index contributed by atoms with van der Waals surface area (Å²) in [6.45, 7) is 0. The number of hydrogen-bond acceptors (Lipinski definition) is 5. The minimum absolute atomic E-state index is 0.243. The molecule has 2 atom stereocenters. The zero-order valence-electron chi connectivity index (χ0n) is 11.8. The predicted octanol–water partition coefficient (Wildman–Crippen LogP) is 2.06. The van der Waals surface area contributed by atoms with E-state index in [-0.39, 0.29) is 6.04 Å². The maximum atomic E-state index is 11.5. The molecule has 1 unspecified atom stereocenters. The van der Waals surface area contributed by atoms with Gasteiger partial charge < -0.3 is 9.67 Å². The summed E-state index contributed by atoms with van der Waals surface area (Å²) in [5.41, 5.74) is 3.45. The molecule has 0 radical (unpaired) electrons. The van der Waals surface area contributed by atoms with E-state index in [2.05, 4.69) is 27.4 Å². The van der Waals surface area contributed by atoms with E-state index in [0.717, 1.165) is 35.4 Å². The smallest absolute Gasteiger partial charge is 0.142 e. The fraction of sp³-hybridized carbons (Fsp3) is 0.312. The zero-order chi connectivity index (χ0) is 14.7. The van der Waals surface area contributed by atoms with Crippen molar-refractivity contribution in [3.05, 3.63) is 53.7 Å². The minimum atomic E-state index is -1.12. The van der Waals surface area contributed by atoms with Gasteiger partial charge in [-0.3, -0.25) is 0 Å². The first-order valence-electron chi connectivity index (χ1n) is 7.44. The summed E-state index contributed by atoms with van der Waals surface area (Å²) in [4.78, 5) is 4.25. The maximum absolute atomic E-state index is 11.5. The molecule has 6 nitrogen and oxygen atoms in total. The molecule has 3 aromatic rings. The molecule has 6 heteroatoms. The van der Waals surface area contributed by atoms with E-state index in [1.54, 1.807) is 6.33 Å². The van der Waals surface area contributed by atoms with Crippen LogP contribution in [0.15, 0.2) is 41.4 Å². The Hall–Kier alpha value is -2.47. The summed E-state index contributed by atoms with van der Waals surface area (Å²) in [6, 6.07) is 7.89. The molecule has 0 amide bonds. The van der Waals surface area contributed by atoms with Crippen LogP contribution in [0.4, 0.5) is 0 Å². The Morgan fingerprint density at radius 1 is 1.27 bits per heavy atom. The number of nitrogens with zero attached hydrogens (tertiary/aromatic N) is 4. The normalized spacial score (nSPS) is 25.6.